The van der Waals surface area contributed by atoms with Crippen LogP contribution < -0.4 is 15.5 Å². The van der Waals surface area contributed by atoms with Gasteiger partial charge in [0.05, 0.1) is 6.54 Å². The Morgan fingerprint density at radius 1 is 1.35 bits per heavy atom. The Bertz CT molecular complexity index is 468. The van der Waals surface area contributed by atoms with Gasteiger partial charge in [0, 0.05) is 26.2 Å². The number of rotatable bonds is 7. The lowest BCUT2D eigenvalue weighted by molar-refractivity contribution is -0.119. The second-order valence-corrected chi connectivity index (χ2v) is 4.36. The molecule has 0 fully saturated rings. The van der Waals surface area contributed by atoms with E-state index in [0.29, 0.717) is 13.1 Å². The summed E-state index contributed by atoms with van der Waals surface area (Å²) in [6, 6.07) is 0.765. The second-order valence-electron chi connectivity index (χ2n) is 4.36. The van der Waals surface area contributed by atoms with Gasteiger partial charge in [0.15, 0.2) is 23.3 Å². The molecule has 0 atom stereocenters. The molecular formula is C13H20F2N4O. The Morgan fingerprint density at radius 3 is 2.65 bits per heavy atom. The van der Waals surface area contributed by atoms with Crippen LogP contribution in [0.4, 0.5) is 20.4 Å². The summed E-state index contributed by atoms with van der Waals surface area (Å²) in [6.07, 6.45) is 0.823. The maximum absolute atomic E-state index is 13.7. The fourth-order valence-corrected chi connectivity index (χ4v) is 1.63. The minimum Gasteiger partial charge on any atom is -0.368 e. The molecule has 0 aliphatic rings. The molecule has 0 spiro atoms. The van der Waals surface area contributed by atoms with Crippen molar-refractivity contribution in [3.8, 4) is 0 Å². The molecule has 0 unspecified atom stereocenters. The number of carbonyl (C=O) groups is 1. The monoisotopic (exact) mass is 286 g/mol. The van der Waals surface area contributed by atoms with E-state index in [0.717, 1.165) is 12.5 Å². The second kappa shape index (κ2) is 7.62. The van der Waals surface area contributed by atoms with E-state index in [1.807, 2.05) is 6.92 Å². The minimum absolute atomic E-state index is 0.0234. The van der Waals surface area contributed by atoms with Crippen LogP contribution in [0.1, 0.15) is 20.3 Å². The van der Waals surface area contributed by atoms with Crippen molar-refractivity contribution in [2.24, 2.45) is 0 Å². The fraction of sp³-hybridized carbons (Fsp3) is 0.538. The quantitative estimate of drug-likeness (QED) is 0.802. The molecule has 0 bridgehead atoms. The van der Waals surface area contributed by atoms with Gasteiger partial charge in [-0.2, -0.15) is 0 Å². The van der Waals surface area contributed by atoms with Gasteiger partial charge in [-0.15, -0.1) is 0 Å². The predicted octanol–water partition coefficient (Wildman–Crippen LogP) is 1.75. The van der Waals surface area contributed by atoms with Gasteiger partial charge in [-0.05, 0) is 13.3 Å². The highest BCUT2D eigenvalue weighted by molar-refractivity contribution is 5.80. The summed E-state index contributed by atoms with van der Waals surface area (Å²) in [6.45, 7) is 4.71. The molecule has 1 rings (SSSR count). The molecule has 7 heteroatoms. The third kappa shape index (κ3) is 4.32. The molecular weight excluding hydrogens is 266 g/mol. The molecule has 112 valence electrons. The first kappa shape index (κ1) is 16.1. The van der Waals surface area contributed by atoms with Crippen LogP contribution in [0.2, 0.25) is 0 Å². The first-order valence-corrected chi connectivity index (χ1v) is 6.57. The van der Waals surface area contributed by atoms with Crippen LogP contribution in [0.3, 0.4) is 0 Å². The zero-order valence-corrected chi connectivity index (χ0v) is 12.0. The highest BCUT2D eigenvalue weighted by Gasteiger charge is 2.16. The molecule has 1 aromatic heterocycles. The van der Waals surface area contributed by atoms with Crippen molar-refractivity contribution in [2.45, 2.75) is 20.3 Å². The standard InChI is InChI=1S/C13H20F2N4O/c1-4-6-17-11(20)8-19(3)13-10(15)7-9(14)12(18-13)16-5-2/h7H,4-6,8H2,1-3H3,(H,16,18)(H,17,20). The third-order valence-corrected chi connectivity index (χ3v) is 2.57. The molecule has 2 N–H and O–H groups in total. The number of aromatic nitrogens is 1. The zero-order valence-electron chi connectivity index (χ0n) is 12.0. The van der Waals surface area contributed by atoms with Crippen LogP contribution in [-0.4, -0.2) is 37.6 Å². The lowest BCUT2D eigenvalue weighted by atomic mass is 10.3. The maximum atomic E-state index is 13.7. The number of nitrogens with zero attached hydrogens (tertiary/aromatic N) is 2. The lowest BCUT2D eigenvalue weighted by Crippen LogP contribution is -2.36. The third-order valence-electron chi connectivity index (χ3n) is 2.57. The Hall–Kier alpha value is -1.92. The van der Waals surface area contributed by atoms with Crippen molar-refractivity contribution < 1.29 is 13.6 Å². The zero-order chi connectivity index (χ0) is 15.1. The average Bonchev–Trinajstić information content (AvgIpc) is 2.39. The summed E-state index contributed by atoms with van der Waals surface area (Å²) in [7, 11) is 1.53. The number of likely N-dealkylation sites (N-methyl/N-ethyl adjacent to an activating group) is 1. The van der Waals surface area contributed by atoms with Crippen LogP contribution in [-0.2, 0) is 4.79 Å². The van der Waals surface area contributed by atoms with Crippen LogP contribution in [0.15, 0.2) is 6.07 Å². The van der Waals surface area contributed by atoms with Gasteiger partial charge >= 0.3 is 0 Å². The molecule has 0 saturated carbocycles. The van der Waals surface area contributed by atoms with Crippen molar-refractivity contribution >= 4 is 17.5 Å². The van der Waals surface area contributed by atoms with Gasteiger partial charge in [0.1, 0.15) is 0 Å². The number of anilines is 2. The Kier molecular flexibility index (Phi) is 6.14. The van der Waals surface area contributed by atoms with E-state index >= 15 is 0 Å². The molecule has 1 heterocycles. The van der Waals surface area contributed by atoms with Gasteiger partial charge < -0.3 is 15.5 Å². The van der Waals surface area contributed by atoms with Gasteiger partial charge in [0.2, 0.25) is 5.91 Å². The lowest BCUT2D eigenvalue weighted by Gasteiger charge is -2.19. The average molecular weight is 286 g/mol. The van der Waals surface area contributed by atoms with Crippen molar-refractivity contribution in [3.05, 3.63) is 17.7 Å². The van der Waals surface area contributed by atoms with Crippen molar-refractivity contribution in [2.75, 3.05) is 36.9 Å². The van der Waals surface area contributed by atoms with E-state index in [4.69, 9.17) is 0 Å². The summed E-state index contributed by atoms with van der Waals surface area (Å²) in [5.74, 6) is -1.87. The first-order chi connectivity index (χ1) is 9.49. The van der Waals surface area contributed by atoms with E-state index in [2.05, 4.69) is 15.6 Å². The number of carbonyl (C=O) groups excluding carboxylic acids is 1. The summed E-state index contributed by atoms with van der Waals surface area (Å²) >= 11 is 0. The summed E-state index contributed by atoms with van der Waals surface area (Å²) in [5, 5.41) is 5.39. The number of halogens is 2. The molecule has 1 amide bonds. The molecule has 0 saturated heterocycles. The smallest absolute Gasteiger partial charge is 0.239 e. The van der Waals surface area contributed by atoms with Gasteiger partial charge in [-0.3, -0.25) is 4.79 Å². The first-order valence-electron chi connectivity index (χ1n) is 6.57. The van der Waals surface area contributed by atoms with Crippen LogP contribution in [0.5, 0.6) is 0 Å². The van der Waals surface area contributed by atoms with Crippen molar-refractivity contribution in [1.29, 1.82) is 0 Å². The molecule has 5 nitrogen and oxygen atoms in total. The van der Waals surface area contributed by atoms with Crippen LogP contribution in [0, 0.1) is 11.6 Å². The van der Waals surface area contributed by atoms with E-state index in [1.54, 1.807) is 6.92 Å². The molecule has 20 heavy (non-hydrogen) atoms. The van der Waals surface area contributed by atoms with Gasteiger partial charge in [0.25, 0.3) is 0 Å². The summed E-state index contributed by atoms with van der Waals surface area (Å²) in [5.41, 5.74) is 0. The fourth-order valence-electron chi connectivity index (χ4n) is 1.63. The van der Waals surface area contributed by atoms with E-state index in [1.165, 1.54) is 11.9 Å². The van der Waals surface area contributed by atoms with Gasteiger partial charge in [-0.1, -0.05) is 6.92 Å². The minimum atomic E-state index is -0.796. The van der Waals surface area contributed by atoms with Crippen molar-refractivity contribution in [3.63, 3.8) is 0 Å². The van der Waals surface area contributed by atoms with E-state index < -0.39 is 11.6 Å². The highest BCUT2D eigenvalue weighted by atomic mass is 19.1. The Morgan fingerprint density at radius 2 is 2.05 bits per heavy atom. The topological polar surface area (TPSA) is 57.3 Å². The highest BCUT2D eigenvalue weighted by Crippen LogP contribution is 2.21. The SMILES string of the molecule is CCCNC(=O)CN(C)c1nc(NCC)c(F)cc1F. The largest absolute Gasteiger partial charge is 0.368 e. The van der Waals surface area contributed by atoms with Crippen molar-refractivity contribution in [1.82, 2.24) is 10.3 Å². The number of nitrogens with one attached hydrogen (secondary N) is 2. The number of pyridine rings is 1. The maximum Gasteiger partial charge on any atom is 0.239 e. The van der Waals surface area contributed by atoms with Crippen LogP contribution >= 0.6 is 0 Å². The molecule has 1 aromatic rings. The molecule has 0 aliphatic carbocycles. The summed E-state index contributed by atoms with van der Waals surface area (Å²) < 4.78 is 27.2. The molecule has 0 aromatic carbocycles. The normalized spacial score (nSPS) is 10.2. The summed E-state index contributed by atoms with van der Waals surface area (Å²) in [4.78, 5) is 16.8. The van der Waals surface area contributed by atoms with E-state index in [9.17, 15) is 13.6 Å². The Balaban J connectivity index is 2.83. The Labute approximate surface area is 117 Å². The van der Waals surface area contributed by atoms with Crippen LogP contribution in [0.25, 0.3) is 0 Å². The predicted molar refractivity (Wildman–Crippen MR) is 74.9 cm³/mol. The number of amides is 1. The molecule has 0 radical (unpaired) electrons. The number of hydrogen-bond acceptors (Lipinski definition) is 4. The molecule has 0 aliphatic heterocycles. The van der Waals surface area contributed by atoms with E-state index in [-0.39, 0.29) is 24.1 Å². The van der Waals surface area contributed by atoms with Gasteiger partial charge in [-0.25, -0.2) is 13.8 Å². The number of hydrogen-bond donors (Lipinski definition) is 2.